The van der Waals surface area contributed by atoms with Crippen LogP contribution in [0.25, 0.3) is 11.1 Å². The average Bonchev–Trinajstić information content (AvgIpc) is 3.48. The number of fused-ring (bicyclic) bond motifs is 5. The van der Waals surface area contributed by atoms with Gasteiger partial charge in [-0.15, -0.1) is 0 Å². The fraction of sp³-hybridized carbons (Fsp3) is 0.359. The van der Waals surface area contributed by atoms with E-state index in [9.17, 15) is 20.1 Å². The van der Waals surface area contributed by atoms with Gasteiger partial charge in [0.25, 0.3) is 0 Å². The molecule has 10 nitrogen and oxygen atoms in total. The van der Waals surface area contributed by atoms with E-state index in [2.05, 4.69) is 23.6 Å². The van der Waals surface area contributed by atoms with Gasteiger partial charge in [-0.25, -0.2) is 0 Å². The quantitative estimate of drug-likeness (QED) is 0.0905. The summed E-state index contributed by atoms with van der Waals surface area (Å²) in [4.78, 5) is 12.1. The van der Waals surface area contributed by atoms with Crippen LogP contribution >= 0.6 is 0 Å². The number of aliphatic hydroxyl groups excluding tert-OH is 1. The number of carbonyl (C=O) groups excluding carboxylic acids is 1. The number of likely N-dealkylation sites (N-methyl/N-ethyl adjacent to an activating group) is 1. The van der Waals surface area contributed by atoms with Crippen LogP contribution in [-0.4, -0.2) is 55.2 Å². The maximum absolute atomic E-state index is 12.1. The topological polar surface area (TPSA) is 139 Å². The highest BCUT2D eigenvalue weighted by molar-refractivity contribution is 5.82. The van der Waals surface area contributed by atoms with Crippen molar-refractivity contribution < 1.29 is 39.1 Å². The zero-order valence-corrected chi connectivity index (χ0v) is 28.3. The molecule has 0 fully saturated rings. The van der Waals surface area contributed by atoms with E-state index >= 15 is 0 Å². The molecule has 3 unspecified atom stereocenters. The number of phenols is 2. The number of hydrogen-bond acceptors (Lipinski definition) is 10. The SMILES string of the molecule is CNCCOc1cc(C2Oc3c(ccc4c3CCc3cc(O)cc(OC)c3-4)C2COC(C)=O)c(CNC(C)c2cccc(CO)c2)cc1O. The number of benzene rings is 4. The molecular weight excluding hydrogens is 624 g/mol. The third kappa shape index (κ3) is 7.03. The Labute approximate surface area is 286 Å². The summed E-state index contributed by atoms with van der Waals surface area (Å²) < 4.78 is 24.3. The first kappa shape index (κ1) is 34.1. The van der Waals surface area contributed by atoms with Gasteiger partial charge in [-0.1, -0.05) is 36.4 Å². The molecule has 258 valence electrons. The molecule has 1 aliphatic carbocycles. The first-order valence-corrected chi connectivity index (χ1v) is 16.6. The molecule has 0 radical (unpaired) electrons. The van der Waals surface area contributed by atoms with E-state index in [1.54, 1.807) is 25.3 Å². The van der Waals surface area contributed by atoms with Gasteiger partial charge in [0.15, 0.2) is 11.5 Å². The van der Waals surface area contributed by atoms with E-state index < -0.39 is 6.10 Å². The second-order valence-corrected chi connectivity index (χ2v) is 12.6. The van der Waals surface area contributed by atoms with E-state index in [-0.39, 0.29) is 42.6 Å². The molecule has 2 aliphatic rings. The zero-order valence-electron chi connectivity index (χ0n) is 28.3. The molecule has 49 heavy (non-hydrogen) atoms. The molecule has 4 aromatic carbocycles. The summed E-state index contributed by atoms with van der Waals surface area (Å²) in [5.74, 6) is 1.14. The van der Waals surface area contributed by atoms with Gasteiger partial charge in [0.2, 0.25) is 0 Å². The summed E-state index contributed by atoms with van der Waals surface area (Å²) >= 11 is 0. The molecule has 0 saturated heterocycles. The second-order valence-electron chi connectivity index (χ2n) is 12.6. The lowest BCUT2D eigenvalue weighted by Crippen LogP contribution is -2.23. The van der Waals surface area contributed by atoms with Crippen molar-refractivity contribution in [2.24, 2.45) is 0 Å². The number of rotatable bonds is 13. The third-order valence-corrected chi connectivity index (χ3v) is 9.44. The Morgan fingerprint density at radius 2 is 1.88 bits per heavy atom. The first-order valence-electron chi connectivity index (χ1n) is 16.6. The molecule has 10 heteroatoms. The molecule has 0 bridgehead atoms. The number of ether oxygens (including phenoxy) is 4. The third-order valence-electron chi connectivity index (χ3n) is 9.44. The van der Waals surface area contributed by atoms with Crippen LogP contribution in [0.5, 0.6) is 28.7 Å². The van der Waals surface area contributed by atoms with E-state index in [1.807, 2.05) is 43.4 Å². The highest BCUT2D eigenvalue weighted by atomic mass is 16.5. The second kappa shape index (κ2) is 14.8. The van der Waals surface area contributed by atoms with Crippen LogP contribution in [0.1, 0.15) is 70.9 Å². The van der Waals surface area contributed by atoms with Crippen LogP contribution in [0.3, 0.4) is 0 Å². The Bertz CT molecular complexity index is 1820. The summed E-state index contributed by atoms with van der Waals surface area (Å²) in [5.41, 5.74) is 8.36. The van der Waals surface area contributed by atoms with Crippen molar-refractivity contribution in [2.75, 3.05) is 33.9 Å². The lowest BCUT2D eigenvalue weighted by atomic mass is 9.81. The van der Waals surface area contributed by atoms with Gasteiger partial charge in [-0.3, -0.25) is 4.79 Å². The monoisotopic (exact) mass is 668 g/mol. The largest absolute Gasteiger partial charge is 0.508 e. The van der Waals surface area contributed by atoms with Crippen LogP contribution in [0, 0.1) is 0 Å². The summed E-state index contributed by atoms with van der Waals surface area (Å²) in [5, 5.41) is 37.7. The fourth-order valence-corrected chi connectivity index (χ4v) is 6.94. The zero-order chi connectivity index (χ0) is 34.7. The van der Waals surface area contributed by atoms with Crippen molar-refractivity contribution in [3.05, 3.63) is 99.6 Å². The number of esters is 1. The van der Waals surface area contributed by atoms with Gasteiger partial charge >= 0.3 is 5.97 Å². The van der Waals surface area contributed by atoms with Gasteiger partial charge in [0.1, 0.15) is 36.6 Å². The number of phenolic OH excluding ortho intramolecular Hbond substituents is 2. The van der Waals surface area contributed by atoms with Crippen LogP contribution in [0.4, 0.5) is 0 Å². The summed E-state index contributed by atoms with van der Waals surface area (Å²) in [6.45, 7) is 4.86. The molecular formula is C39H44N2O8. The van der Waals surface area contributed by atoms with Crippen molar-refractivity contribution in [3.8, 4) is 39.9 Å². The molecule has 6 rings (SSSR count). The summed E-state index contributed by atoms with van der Waals surface area (Å²) in [6.07, 6.45) is 0.832. The van der Waals surface area contributed by atoms with Crippen molar-refractivity contribution in [1.82, 2.24) is 10.6 Å². The molecule has 0 spiro atoms. The predicted octanol–water partition coefficient (Wildman–Crippen LogP) is 5.59. The molecule has 4 aromatic rings. The summed E-state index contributed by atoms with van der Waals surface area (Å²) in [6, 6.07) is 18.8. The standard InChI is InChI=1S/C39H44N2O8/c1-22(25-7-5-6-24(14-25)20-42)41-19-27-16-34(45)35(47-13-12-40-3)18-32(27)39-33(21-48-23(2)43)31-11-10-29-30(38(31)49-39)9-8-26-15-28(44)17-36(46-4)37(26)29/h5-7,10-11,14-18,22,33,39-42,44-45H,8-9,12-13,19-21H2,1-4H3. The smallest absolute Gasteiger partial charge is 0.302 e. The van der Waals surface area contributed by atoms with Gasteiger partial charge in [0.05, 0.1) is 19.6 Å². The van der Waals surface area contributed by atoms with Gasteiger partial charge < -0.3 is 44.9 Å². The number of hydrogen-bond donors (Lipinski definition) is 5. The molecule has 0 amide bonds. The maximum Gasteiger partial charge on any atom is 0.302 e. The van der Waals surface area contributed by atoms with Gasteiger partial charge in [-0.05, 0) is 72.8 Å². The first-order chi connectivity index (χ1) is 23.7. The lowest BCUT2D eigenvalue weighted by Gasteiger charge is -2.25. The number of aromatic hydroxyl groups is 2. The number of nitrogens with one attached hydrogen (secondary N) is 2. The Hall–Kier alpha value is -4.77. The molecule has 1 aliphatic heterocycles. The van der Waals surface area contributed by atoms with Gasteiger partial charge in [0, 0.05) is 54.4 Å². The minimum absolute atomic E-state index is 0.0166. The molecule has 0 saturated carbocycles. The Morgan fingerprint density at radius 1 is 1.04 bits per heavy atom. The minimum atomic E-state index is -0.555. The highest BCUT2D eigenvalue weighted by Crippen LogP contribution is 2.54. The Balaban J connectivity index is 1.41. The fourth-order valence-electron chi connectivity index (χ4n) is 6.94. The Morgan fingerprint density at radius 3 is 2.63 bits per heavy atom. The Kier molecular flexibility index (Phi) is 10.3. The minimum Gasteiger partial charge on any atom is -0.508 e. The maximum atomic E-state index is 12.1. The number of carbonyl (C=O) groups is 1. The van der Waals surface area contributed by atoms with Crippen molar-refractivity contribution in [1.29, 1.82) is 0 Å². The number of aryl methyl sites for hydroxylation is 1. The molecule has 1 heterocycles. The lowest BCUT2D eigenvalue weighted by molar-refractivity contribution is -0.141. The summed E-state index contributed by atoms with van der Waals surface area (Å²) in [7, 11) is 3.43. The van der Waals surface area contributed by atoms with E-state index in [4.69, 9.17) is 18.9 Å². The van der Waals surface area contributed by atoms with E-state index in [1.165, 1.54) is 6.92 Å². The van der Waals surface area contributed by atoms with E-state index in [0.717, 1.165) is 55.8 Å². The van der Waals surface area contributed by atoms with Crippen molar-refractivity contribution >= 4 is 5.97 Å². The molecule has 3 atom stereocenters. The van der Waals surface area contributed by atoms with E-state index in [0.29, 0.717) is 44.0 Å². The van der Waals surface area contributed by atoms with Crippen LogP contribution in [0.15, 0.2) is 60.7 Å². The number of aliphatic hydroxyl groups is 1. The van der Waals surface area contributed by atoms with Crippen LogP contribution < -0.4 is 24.8 Å². The van der Waals surface area contributed by atoms with Gasteiger partial charge in [-0.2, -0.15) is 0 Å². The van der Waals surface area contributed by atoms with Crippen molar-refractivity contribution in [3.63, 3.8) is 0 Å². The van der Waals surface area contributed by atoms with Crippen LogP contribution in [0.2, 0.25) is 0 Å². The van der Waals surface area contributed by atoms with Crippen LogP contribution in [-0.2, 0) is 35.5 Å². The predicted molar refractivity (Wildman–Crippen MR) is 185 cm³/mol. The average molecular weight is 669 g/mol. The number of methoxy groups -OCH3 is 1. The normalized spacial score (nSPS) is 16.6. The molecule has 5 N–H and O–H groups in total. The van der Waals surface area contributed by atoms with Crippen molar-refractivity contribution in [2.45, 2.75) is 57.9 Å². The highest BCUT2D eigenvalue weighted by Gasteiger charge is 2.41. The molecule has 0 aromatic heterocycles.